The van der Waals surface area contributed by atoms with E-state index in [0.29, 0.717) is 24.3 Å². The van der Waals surface area contributed by atoms with Crippen LogP contribution >= 0.6 is 0 Å². The number of hydrogen-bond acceptors (Lipinski definition) is 4. The predicted molar refractivity (Wildman–Crippen MR) is 115 cm³/mol. The van der Waals surface area contributed by atoms with Crippen molar-refractivity contribution in [1.82, 2.24) is 0 Å². The molecule has 0 aliphatic heterocycles. The molecule has 0 bridgehead atoms. The van der Waals surface area contributed by atoms with Crippen molar-refractivity contribution >= 4 is 11.9 Å². The molecule has 0 saturated carbocycles. The molecule has 0 unspecified atom stereocenters. The number of unbranched alkanes of at least 4 members (excludes halogenated alkanes) is 10. The Labute approximate surface area is 203 Å². The Balaban J connectivity index is -0.00000261. The summed E-state index contributed by atoms with van der Waals surface area (Å²) in [6, 6.07) is 6.74. The number of carbonyl (C=O) groups is 2. The summed E-state index contributed by atoms with van der Waals surface area (Å²) in [5.41, 5.74) is 0.586. The van der Waals surface area contributed by atoms with Gasteiger partial charge in [0, 0.05) is 0 Å². The van der Waals surface area contributed by atoms with Crippen LogP contribution in [0.15, 0.2) is 24.3 Å². The molecule has 0 amide bonds. The minimum absolute atomic E-state index is 0. The molecule has 0 aliphatic rings. The van der Waals surface area contributed by atoms with E-state index in [1.807, 2.05) is 0 Å². The molecule has 0 saturated heterocycles. The molecule has 31 heavy (non-hydrogen) atoms. The van der Waals surface area contributed by atoms with Crippen molar-refractivity contribution in [1.29, 1.82) is 0 Å². The van der Waals surface area contributed by atoms with Gasteiger partial charge in [0.15, 0.2) is 0 Å². The Kier molecular flexibility index (Phi) is 26.0. The molecule has 0 fully saturated rings. The third-order valence-corrected chi connectivity index (χ3v) is 4.83. The maximum Gasteiger partial charge on any atom is 4.00 e. The van der Waals surface area contributed by atoms with Crippen molar-refractivity contribution in [2.24, 2.45) is 0 Å². The molecular formula is C24H38O6Ti. The van der Waals surface area contributed by atoms with Crippen LogP contribution in [-0.2, 0) is 42.1 Å². The summed E-state index contributed by atoms with van der Waals surface area (Å²) in [5.74, 6) is -0.888. The maximum absolute atomic E-state index is 12.4. The first-order valence-corrected chi connectivity index (χ1v) is 11.1. The first kappa shape index (κ1) is 34.4. The van der Waals surface area contributed by atoms with E-state index >= 15 is 0 Å². The van der Waals surface area contributed by atoms with Gasteiger partial charge < -0.3 is 20.4 Å². The number of benzene rings is 1. The van der Waals surface area contributed by atoms with Gasteiger partial charge in [0.25, 0.3) is 0 Å². The van der Waals surface area contributed by atoms with Crippen molar-refractivity contribution in [3.63, 3.8) is 0 Å². The van der Waals surface area contributed by atoms with Crippen molar-refractivity contribution in [3.05, 3.63) is 35.4 Å². The van der Waals surface area contributed by atoms with Gasteiger partial charge in [0.05, 0.1) is 24.3 Å². The van der Waals surface area contributed by atoms with Crippen molar-refractivity contribution < 1.29 is 51.7 Å². The maximum atomic E-state index is 12.4. The average Bonchev–Trinajstić information content (AvgIpc) is 2.72. The minimum Gasteiger partial charge on any atom is -2.00 e. The van der Waals surface area contributed by atoms with Crippen LogP contribution in [0.25, 0.3) is 0 Å². The number of esters is 2. The van der Waals surface area contributed by atoms with E-state index in [9.17, 15) is 9.59 Å². The standard InChI is InChI=1S/C24H38O4.2O.Ti/c1-3-5-7-9-11-15-19-27-23(25)21-17-13-14-18-22(21)24(26)28-20-16-12-10-8-6-4-2;;;/h13-14,17-18H,3-12,15-16,19-20H2,1-2H3;;;/q;2*-2;+4. The molecule has 1 rings (SSSR count). The molecule has 1 aromatic carbocycles. The predicted octanol–water partition coefficient (Wildman–Crippen LogP) is 6.48. The molecule has 0 aliphatic carbocycles. The summed E-state index contributed by atoms with van der Waals surface area (Å²) < 4.78 is 10.7. The molecular weight excluding hydrogens is 432 g/mol. The Morgan fingerprint density at radius 3 is 1.29 bits per heavy atom. The minimum atomic E-state index is -0.444. The van der Waals surface area contributed by atoms with Crippen LogP contribution in [0.3, 0.4) is 0 Å². The molecule has 0 radical (unpaired) electrons. The SMILES string of the molecule is CCCCCCCCOC(=O)c1ccccc1C(=O)OCCCCCCCC.[O-2].[O-2].[Ti+4]. The van der Waals surface area contributed by atoms with Crippen molar-refractivity contribution in [3.8, 4) is 0 Å². The van der Waals surface area contributed by atoms with E-state index in [-0.39, 0.29) is 32.7 Å². The fourth-order valence-corrected chi connectivity index (χ4v) is 3.09. The number of carbonyl (C=O) groups excluding carboxylic acids is 2. The summed E-state index contributed by atoms with van der Waals surface area (Å²) in [6.45, 7) is 5.17. The molecule has 0 heterocycles. The van der Waals surface area contributed by atoms with Crippen LogP contribution in [0.2, 0.25) is 0 Å². The Hall–Kier alpha value is -1.21. The second-order valence-corrected chi connectivity index (χ2v) is 7.35. The second kappa shape index (κ2) is 23.5. The van der Waals surface area contributed by atoms with Crippen LogP contribution in [0.5, 0.6) is 0 Å². The second-order valence-electron chi connectivity index (χ2n) is 7.35. The Morgan fingerprint density at radius 1 is 0.613 bits per heavy atom. The molecule has 0 spiro atoms. The van der Waals surface area contributed by atoms with Gasteiger partial charge in [0.2, 0.25) is 0 Å². The molecule has 1 aromatic rings. The Morgan fingerprint density at radius 2 is 0.935 bits per heavy atom. The van der Waals surface area contributed by atoms with Crippen molar-refractivity contribution in [2.75, 3.05) is 13.2 Å². The van der Waals surface area contributed by atoms with Crippen LogP contribution in [-0.4, -0.2) is 25.2 Å². The molecule has 7 heteroatoms. The molecule has 0 atom stereocenters. The summed E-state index contributed by atoms with van der Waals surface area (Å²) in [7, 11) is 0. The van der Waals surface area contributed by atoms with Gasteiger partial charge in [0.1, 0.15) is 0 Å². The van der Waals surface area contributed by atoms with E-state index in [4.69, 9.17) is 9.47 Å². The summed E-state index contributed by atoms with van der Waals surface area (Å²) >= 11 is 0. The zero-order valence-electron chi connectivity index (χ0n) is 19.2. The summed E-state index contributed by atoms with van der Waals surface area (Å²) in [5, 5.41) is 0. The van der Waals surface area contributed by atoms with Crippen LogP contribution in [0.4, 0.5) is 0 Å². The average molecular weight is 470 g/mol. The van der Waals surface area contributed by atoms with Gasteiger partial charge in [-0.1, -0.05) is 90.2 Å². The van der Waals surface area contributed by atoms with Gasteiger partial charge in [-0.05, 0) is 25.0 Å². The Bertz CT molecular complexity index is 516. The zero-order valence-corrected chi connectivity index (χ0v) is 20.7. The zero-order chi connectivity index (χ0) is 20.5. The first-order valence-electron chi connectivity index (χ1n) is 11.1. The smallest absolute Gasteiger partial charge is 2.00 e. The summed E-state index contributed by atoms with van der Waals surface area (Å²) in [6.07, 6.45) is 13.6. The number of hydrogen-bond donors (Lipinski definition) is 0. The van der Waals surface area contributed by atoms with Crippen molar-refractivity contribution in [2.45, 2.75) is 90.9 Å². The first-order chi connectivity index (χ1) is 13.7. The molecule has 0 aromatic heterocycles. The van der Waals surface area contributed by atoms with Gasteiger partial charge in [-0.15, -0.1) is 0 Å². The molecule has 6 nitrogen and oxygen atoms in total. The van der Waals surface area contributed by atoms with E-state index < -0.39 is 11.9 Å². The normalized spacial score (nSPS) is 9.61. The summed E-state index contributed by atoms with van der Waals surface area (Å²) in [4.78, 5) is 24.7. The topological polar surface area (TPSA) is 110 Å². The fourth-order valence-electron chi connectivity index (χ4n) is 3.09. The van der Waals surface area contributed by atoms with Crippen LogP contribution < -0.4 is 0 Å². The number of rotatable bonds is 16. The van der Waals surface area contributed by atoms with Crippen LogP contribution in [0.1, 0.15) is 112 Å². The number of ether oxygens (including phenoxy) is 2. The van der Waals surface area contributed by atoms with Gasteiger partial charge >= 0.3 is 33.7 Å². The quantitative estimate of drug-likeness (QED) is 0.156. The molecule has 174 valence electrons. The fraction of sp³-hybridized carbons (Fsp3) is 0.667. The van der Waals surface area contributed by atoms with Gasteiger partial charge in [-0.3, -0.25) is 0 Å². The van der Waals surface area contributed by atoms with Gasteiger partial charge in [-0.25, -0.2) is 9.59 Å². The monoisotopic (exact) mass is 470 g/mol. The van der Waals surface area contributed by atoms with E-state index in [2.05, 4.69) is 13.8 Å². The molecule has 0 N–H and O–H groups in total. The van der Waals surface area contributed by atoms with E-state index in [0.717, 1.165) is 25.7 Å². The largest absolute Gasteiger partial charge is 4.00 e. The third kappa shape index (κ3) is 16.1. The van der Waals surface area contributed by atoms with E-state index in [1.54, 1.807) is 24.3 Å². The van der Waals surface area contributed by atoms with Gasteiger partial charge in [-0.2, -0.15) is 0 Å². The van der Waals surface area contributed by atoms with Crippen LogP contribution in [0, 0.1) is 0 Å². The van der Waals surface area contributed by atoms with E-state index in [1.165, 1.54) is 51.4 Å². The third-order valence-electron chi connectivity index (χ3n) is 4.83.